The summed E-state index contributed by atoms with van der Waals surface area (Å²) in [5.41, 5.74) is 0. The van der Waals surface area contributed by atoms with Crippen molar-refractivity contribution in [3.05, 3.63) is 0 Å². The molecule has 0 aromatic rings. The van der Waals surface area contributed by atoms with E-state index in [2.05, 4.69) is 0 Å². The molecule has 0 fully saturated rings. The molecule has 0 amide bonds. The molecule has 6 nitrogen and oxygen atoms in total. The maximum absolute atomic E-state index is 9.65. The van der Waals surface area contributed by atoms with Crippen LogP contribution in [0.15, 0.2) is 0 Å². The second kappa shape index (κ2) is 25.0. The summed E-state index contributed by atoms with van der Waals surface area (Å²) in [6.45, 7) is 5.84. The fourth-order valence-electron chi connectivity index (χ4n) is 0.963. The van der Waals surface area contributed by atoms with E-state index >= 15 is 0 Å². The summed E-state index contributed by atoms with van der Waals surface area (Å²) in [5, 5.41) is 28.9. The first kappa shape index (κ1) is 29.1. The van der Waals surface area contributed by atoms with Crippen molar-refractivity contribution in [2.24, 2.45) is 0 Å². The molecular weight excluding hydrogens is 377 g/mol. The Labute approximate surface area is 146 Å². The Hall–Kier alpha value is -0.967. The predicted octanol–water partition coefficient (Wildman–Crippen LogP) is -0.223. The molecule has 0 heterocycles. The van der Waals surface area contributed by atoms with Gasteiger partial charge in [-0.05, 0) is 38.5 Å². The summed E-state index contributed by atoms with van der Waals surface area (Å²) in [6.07, 6.45) is 5.60. The average molecular weight is 404 g/mol. The monoisotopic (exact) mass is 405 g/mol. The molecule has 1 radical (unpaired) electrons. The molecule has 0 aliphatic rings. The molecule has 131 valence electrons. The van der Waals surface area contributed by atoms with E-state index in [1.165, 1.54) is 0 Å². The van der Waals surface area contributed by atoms with E-state index in [9.17, 15) is 29.7 Å². The van der Waals surface area contributed by atoms with Crippen LogP contribution >= 0.6 is 0 Å². The van der Waals surface area contributed by atoms with Gasteiger partial charge in [-0.15, -0.1) is 0 Å². The summed E-state index contributed by atoms with van der Waals surface area (Å²) in [4.78, 5) is 28.9. The van der Waals surface area contributed by atoms with E-state index in [4.69, 9.17) is 0 Å². The van der Waals surface area contributed by atoms with Gasteiger partial charge in [0.15, 0.2) is 0 Å². The number of unbranched alkanes of at least 4 members (excludes halogenated alkanes) is 3. The van der Waals surface area contributed by atoms with Crippen LogP contribution in [0.4, 0.5) is 0 Å². The van der Waals surface area contributed by atoms with Crippen LogP contribution in [-0.4, -0.2) is 17.9 Å². The Morgan fingerprint density at radius 2 is 0.773 bits per heavy atom. The number of carboxylic acid groups (broad SMARTS) is 3. The molecule has 0 aromatic carbocycles. The number of rotatable bonds is 9. The number of carbonyl (C=O) groups excluding carboxylic acids is 3. The van der Waals surface area contributed by atoms with E-state index in [1.807, 2.05) is 20.8 Å². The zero-order valence-corrected chi connectivity index (χ0v) is 15.4. The second-order valence-electron chi connectivity index (χ2n) is 4.43. The molecule has 0 saturated heterocycles. The first-order valence-corrected chi connectivity index (χ1v) is 7.41. The van der Waals surface area contributed by atoms with E-state index in [0.29, 0.717) is 0 Å². The number of hydrogen-bond acceptors (Lipinski definition) is 6. The van der Waals surface area contributed by atoms with Crippen LogP contribution in [0.2, 0.25) is 0 Å². The normalized spacial score (nSPS) is 8.32. The molecule has 0 unspecified atom stereocenters. The van der Waals surface area contributed by atoms with Gasteiger partial charge in [-0.2, -0.15) is 0 Å². The van der Waals surface area contributed by atoms with Gasteiger partial charge in [0.2, 0.25) is 0 Å². The number of carboxylic acids is 3. The maximum Gasteiger partial charge on any atom is 3.00 e. The molecule has 0 rings (SSSR count). The van der Waals surface area contributed by atoms with Gasteiger partial charge in [0.1, 0.15) is 0 Å². The van der Waals surface area contributed by atoms with Crippen molar-refractivity contribution < 1.29 is 49.2 Å². The van der Waals surface area contributed by atoms with Gasteiger partial charge in [-0.3, -0.25) is 0 Å². The fourth-order valence-corrected chi connectivity index (χ4v) is 0.963. The van der Waals surface area contributed by atoms with E-state index in [0.717, 1.165) is 38.5 Å². The van der Waals surface area contributed by atoms with Crippen LogP contribution in [0.5, 0.6) is 0 Å². The predicted molar refractivity (Wildman–Crippen MR) is 73.6 cm³/mol. The van der Waals surface area contributed by atoms with E-state index in [-0.39, 0.29) is 38.7 Å². The average Bonchev–Trinajstić information content (AvgIpc) is 2.41. The molecule has 0 aliphatic heterocycles. The first-order valence-electron chi connectivity index (χ1n) is 7.41. The first-order chi connectivity index (χ1) is 9.81. The summed E-state index contributed by atoms with van der Waals surface area (Å²) in [7, 11) is 0. The fraction of sp³-hybridized carbons (Fsp3) is 0.800. The van der Waals surface area contributed by atoms with Gasteiger partial charge in [0, 0.05) is 17.9 Å². The zero-order chi connectivity index (χ0) is 17.1. The number of hydrogen-bond donors (Lipinski definition) is 0. The Kier molecular flexibility index (Phi) is 33.1. The van der Waals surface area contributed by atoms with Gasteiger partial charge >= 0.3 is 19.5 Å². The molecule has 0 atom stereocenters. The minimum absolute atomic E-state index is 0. The summed E-state index contributed by atoms with van der Waals surface area (Å²) in [6, 6.07) is 0. The van der Waals surface area contributed by atoms with Crippen molar-refractivity contribution in [2.45, 2.75) is 78.6 Å². The molecule has 0 N–H and O–H groups in total. The summed E-state index contributed by atoms with van der Waals surface area (Å²) in [5.74, 6) is -2.83. The molecule has 0 aliphatic carbocycles. The maximum atomic E-state index is 9.65. The zero-order valence-electron chi connectivity index (χ0n) is 13.7. The molecule has 0 aromatic heterocycles. The minimum atomic E-state index is -0.943. The van der Waals surface area contributed by atoms with Crippen LogP contribution in [0.25, 0.3) is 0 Å². The van der Waals surface area contributed by atoms with Crippen LogP contribution in [0, 0.1) is 0 Å². The van der Waals surface area contributed by atoms with Crippen LogP contribution in [-0.2, 0) is 33.9 Å². The van der Waals surface area contributed by atoms with Gasteiger partial charge in [-0.25, -0.2) is 0 Å². The van der Waals surface area contributed by atoms with Crippen molar-refractivity contribution in [2.75, 3.05) is 0 Å². The summed E-state index contributed by atoms with van der Waals surface area (Å²) >= 11 is 0. The van der Waals surface area contributed by atoms with Gasteiger partial charge in [-0.1, -0.05) is 40.0 Å². The van der Waals surface area contributed by atoms with Gasteiger partial charge in [0.25, 0.3) is 0 Å². The van der Waals surface area contributed by atoms with Gasteiger partial charge < -0.3 is 29.7 Å². The molecule has 0 saturated carbocycles. The second-order valence-corrected chi connectivity index (χ2v) is 4.43. The quantitative estimate of drug-likeness (QED) is 0.490. The Balaban J connectivity index is -0.000000108. The summed E-state index contributed by atoms with van der Waals surface area (Å²) < 4.78 is 0. The Morgan fingerprint density at radius 3 is 0.818 bits per heavy atom. The van der Waals surface area contributed by atoms with Crippen LogP contribution in [0.1, 0.15) is 78.6 Å². The van der Waals surface area contributed by atoms with E-state index in [1.54, 1.807) is 0 Å². The van der Waals surface area contributed by atoms with Crippen molar-refractivity contribution >= 4 is 17.9 Å². The molecule has 7 heteroatoms. The third-order valence-electron chi connectivity index (χ3n) is 2.20. The standard InChI is InChI=1S/3C5H10O2.Ru/c3*1-2-3-4-5(6)7;/h3*2-4H2,1H3,(H,6,7);/q;;;+3/p-3. The van der Waals surface area contributed by atoms with Crippen molar-refractivity contribution in [3.8, 4) is 0 Å². The smallest absolute Gasteiger partial charge is 0.550 e. The van der Waals surface area contributed by atoms with Crippen molar-refractivity contribution in [3.63, 3.8) is 0 Å². The molecule has 22 heavy (non-hydrogen) atoms. The largest absolute Gasteiger partial charge is 3.00 e. The third kappa shape index (κ3) is 50.8. The molecule has 0 bridgehead atoms. The Bertz CT molecular complexity index is 226. The SMILES string of the molecule is CCCCC(=O)[O-].CCCCC(=O)[O-].CCCCC(=O)[O-].[Ru+3]. The van der Waals surface area contributed by atoms with Crippen molar-refractivity contribution in [1.29, 1.82) is 0 Å². The Morgan fingerprint density at radius 1 is 0.591 bits per heavy atom. The van der Waals surface area contributed by atoms with Crippen molar-refractivity contribution in [1.82, 2.24) is 0 Å². The van der Waals surface area contributed by atoms with Gasteiger partial charge in [0.05, 0.1) is 0 Å². The number of aliphatic carboxylic acids is 3. The van der Waals surface area contributed by atoms with E-state index < -0.39 is 17.9 Å². The van der Waals surface area contributed by atoms with Crippen LogP contribution in [0.3, 0.4) is 0 Å². The minimum Gasteiger partial charge on any atom is -0.550 e. The molecular formula is C15H27O6Ru. The topological polar surface area (TPSA) is 120 Å². The third-order valence-corrected chi connectivity index (χ3v) is 2.20. The number of carbonyl (C=O) groups is 3. The molecule has 0 spiro atoms. The van der Waals surface area contributed by atoms with Crippen LogP contribution < -0.4 is 15.3 Å².